The molecule has 1 heterocycles. The summed E-state index contributed by atoms with van der Waals surface area (Å²) in [5.41, 5.74) is 5.06. The molecule has 1 aromatic heterocycles. The lowest BCUT2D eigenvalue weighted by Crippen LogP contribution is -2.31. The Morgan fingerprint density at radius 2 is 2.00 bits per heavy atom. The third-order valence-corrected chi connectivity index (χ3v) is 3.30. The van der Waals surface area contributed by atoms with E-state index >= 15 is 0 Å². The van der Waals surface area contributed by atoms with Crippen molar-refractivity contribution in [3.05, 3.63) is 52.3 Å². The molecule has 1 aromatic carbocycles. The van der Waals surface area contributed by atoms with Crippen LogP contribution in [0.5, 0.6) is 0 Å². The molecule has 0 aliphatic rings. The molecule has 0 radical (unpaired) electrons. The van der Waals surface area contributed by atoms with E-state index in [4.69, 9.17) is 17.4 Å². The zero-order valence-electron chi connectivity index (χ0n) is 10.6. The first-order chi connectivity index (χ1) is 9.10. The Morgan fingerprint density at radius 1 is 1.37 bits per heavy atom. The third kappa shape index (κ3) is 3.33. The summed E-state index contributed by atoms with van der Waals surface area (Å²) in [6.45, 7) is 2.58. The predicted molar refractivity (Wildman–Crippen MR) is 73.6 cm³/mol. The smallest absolute Gasteiger partial charge is 0.238 e. The second-order valence-corrected chi connectivity index (χ2v) is 4.70. The van der Waals surface area contributed by atoms with Gasteiger partial charge in [0.05, 0.1) is 29.9 Å². The van der Waals surface area contributed by atoms with Crippen molar-refractivity contribution in [2.75, 3.05) is 0 Å². The van der Waals surface area contributed by atoms with Crippen molar-refractivity contribution in [1.82, 2.24) is 15.2 Å². The number of halogens is 1. The van der Waals surface area contributed by atoms with Gasteiger partial charge in [-0.05, 0) is 18.1 Å². The number of carbonyl (C=O) groups excluding carboxylic acids is 1. The maximum Gasteiger partial charge on any atom is 0.238 e. The summed E-state index contributed by atoms with van der Waals surface area (Å²) in [7, 11) is 0. The molecule has 2 aromatic rings. The minimum Gasteiger partial charge on any atom is -0.294 e. The van der Waals surface area contributed by atoms with Crippen LogP contribution >= 0.6 is 11.6 Å². The number of nitrogens with two attached hydrogens (primary N) is 1. The Morgan fingerprint density at radius 3 is 2.53 bits per heavy atom. The van der Waals surface area contributed by atoms with Gasteiger partial charge in [-0.1, -0.05) is 35.9 Å². The first-order valence-electron chi connectivity index (χ1n) is 5.85. The number of amides is 1. The highest BCUT2D eigenvalue weighted by Crippen LogP contribution is 2.15. The van der Waals surface area contributed by atoms with E-state index < -0.39 is 0 Å². The topological polar surface area (TPSA) is 72.9 Å². The van der Waals surface area contributed by atoms with Gasteiger partial charge >= 0.3 is 0 Å². The van der Waals surface area contributed by atoms with E-state index in [1.54, 1.807) is 6.20 Å². The van der Waals surface area contributed by atoms with Crippen LogP contribution in [-0.2, 0) is 17.8 Å². The average Bonchev–Trinajstić information content (AvgIpc) is 2.73. The molecule has 100 valence electrons. The Hall–Kier alpha value is -1.85. The van der Waals surface area contributed by atoms with Gasteiger partial charge in [0.25, 0.3) is 0 Å². The number of hydrogen-bond acceptors (Lipinski definition) is 3. The average molecular weight is 279 g/mol. The fraction of sp³-hybridized carbons (Fsp3) is 0.231. The van der Waals surface area contributed by atoms with E-state index in [-0.39, 0.29) is 12.3 Å². The Bertz CT molecular complexity index is 577. The number of benzene rings is 1. The van der Waals surface area contributed by atoms with E-state index in [9.17, 15) is 4.79 Å². The van der Waals surface area contributed by atoms with Crippen LogP contribution < -0.4 is 11.3 Å². The summed E-state index contributed by atoms with van der Waals surface area (Å²) in [5.74, 6) is 4.84. The second-order valence-electron chi connectivity index (χ2n) is 4.30. The van der Waals surface area contributed by atoms with Crippen LogP contribution in [0, 0.1) is 6.92 Å². The van der Waals surface area contributed by atoms with Crippen molar-refractivity contribution in [3.8, 4) is 0 Å². The quantitative estimate of drug-likeness (QED) is 0.505. The molecule has 1 amide bonds. The Balaban J connectivity index is 2.06. The van der Waals surface area contributed by atoms with Gasteiger partial charge < -0.3 is 0 Å². The zero-order valence-corrected chi connectivity index (χ0v) is 11.3. The van der Waals surface area contributed by atoms with Gasteiger partial charge in [0.15, 0.2) is 0 Å². The molecular weight excluding hydrogens is 264 g/mol. The van der Waals surface area contributed by atoms with E-state index in [0.29, 0.717) is 11.6 Å². The zero-order chi connectivity index (χ0) is 13.8. The molecule has 2 rings (SSSR count). The first kappa shape index (κ1) is 13.6. The molecule has 5 nitrogen and oxygen atoms in total. The lowest BCUT2D eigenvalue weighted by molar-refractivity contribution is -0.120. The van der Waals surface area contributed by atoms with Gasteiger partial charge in [-0.15, -0.1) is 0 Å². The lowest BCUT2D eigenvalue weighted by atomic mass is 10.1. The van der Waals surface area contributed by atoms with Crippen LogP contribution in [0.15, 0.2) is 30.5 Å². The third-order valence-electron chi connectivity index (χ3n) is 2.92. The largest absolute Gasteiger partial charge is 0.294 e. The number of carbonyl (C=O) groups is 1. The Kier molecular flexibility index (Phi) is 4.19. The molecule has 0 aliphatic heterocycles. The molecule has 0 fully saturated rings. The van der Waals surface area contributed by atoms with Crippen LogP contribution in [0.3, 0.4) is 0 Å². The number of rotatable bonds is 4. The number of nitrogens with one attached hydrogen (secondary N) is 1. The van der Waals surface area contributed by atoms with Gasteiger partial charge in [0.1, 0.15) is 0 Å². The van der Waals surface area contributed by atoms with Gasteiger partial charge in [0.2, 0.25) is 5.91 Å². The molecule has 3 N–H and O–H groups in total. The van der Waals surface area contributed by atoms with Crippen LogP contribution in [0.2, 0.25) is 5.02 Å². The maximum absolute atomic E-state index is 11.1. The second kappa shape index (κ2) is 5.86. The Labute approximate surface area is 116 Å². The number of hydrazine groups is 1. The van der Waals surface area contributed by atoms with Crippen LogP contribution in [0.4, 0.5) is 0 Å². The van der Waals surface area contributed by atoms with E-state index in [1.807, 2.05) is 35.9 Å². The number of hydrogen-bond donors (Lipinski definition) is 2. The summed E-state index contributed by atoms with van der Waals surface area (Å²) in [6, 6.07) is 7.75. The summed E-state index contributed by atoms with van der Waals surface area (Å²) in [4.78, 5) is 11.1. The van der Waals surface area contributed by atoms with E-state index in [2.05, 4.69) is 10.5 Å². The van der Waals surface area contributed by atoms with Gasteiger partial charge in [-0.2, -0.15) is 5.10 Å². The van der Waals surface area contributed by atoms with Crippen molar-refractivity contribution in [3.63, 3.8) is 0 Å². The molecule has 0 spiro atoms. The van der Waals surface area contributed by atoms with Crippen molar-refractivity contribution in [1.29, 1.82) is 0 Å². The highest BCUT2D eigenvalue weighted by atomic mass is 35.5. The molecular formula is C13H15ClN4O. The van der Waals surface area contributed by atoms with Gasteiger partial charge in [-0.25, -0.2) is 5.84 Å². The highest BCUT2D eigenvalue weighted by molar-refractivity contribution is 6.31. The van der Waals surface area contributed by atoms with E-state index in [0.717, 1.165) is 16.8 Å². The molecule has 6 heteroatoms. The van der Waals surface area contributed by atoms with Crippen molar-refractivity contribution < 1.29 is 4.79 Å². The number of nitrogens with zero attached hydrogens (tertiary/aromatic N) is 2. The normalized spacial score (nSPS) is 10.5. The summed E-state index contributed by atoms with van der Waals surface area (Å²) in [6.07, 6.45) is 1.92. The highest BCUT2D eigenvalue weighted by Gasteiger charge is 2.05. The fourth-order valence-electron chi connectivity index (χ4n) is 1.75. The molecule has 0 aliphatic carbocycles. The molecule has 19 heavy (non-hydrogen) atoms. The summed E-state index contributed by atoms with van der Waals surface area (Å²) in [5, 5.41) is 4.86. The molecule has 0 saturated heterocycles. The van der Waals surface area contributed by atoms with Gasteiger partial charge in [-0.3, -0.25) is 14.9 Å². The number of aromatic nitrogens is 2. The standard InChI is InChI=1S/C13H15ClN4O/c1-9-12(14)7-16-18(9)8-11-4-2-10(3-5-11)6-13(19)17-15/h2-5,7H,6,8,15H2,1H3,(H,17,19). The van der Waals surface area contributed by atoms with Crippen LogP contribution in [0.25, 0.3) is 0 Å². The molecule has 0 bridgehead atoms. The fourth-order valence-corrected chi connectivity index (χ4v) is 1.90. The lowest BCUT2D eigenvalue weighted by Gasteiger charge is -2.06. The summed E-state index contributed by atoms with van der Waals surface area (Å²) >= 11 is 5.95. The SMILES string of the molecule is Cc1c(Cl)cnn1Cc1ccc(CC(=O)NN)cc1. The molecule has 0 atom stereocenters. The predicted octanol–water partition coefficient (Wildman–Crippen LogP) is 1.43. The van der Waals surface area contributed by atoms with Crippen LogP contribution in [-0.4, -0.2) is 15.7 Å². The maximum atomic E-state index is 11.1. The minimum atomic E-state index is -0.206. The minimum absolute atomic E-state index is 0.206. The monoisotopic (exact) mass is 278 g/mol. The van der Waals surface area contributed by atoms with Crippen molar-refractivity contribution in [2.45, 2.75) is 19.9 Å². The molecule has 0 saturated carbocycles. The van der Waals surface area contributed by atoms with Gasteiger partial charge in [0, 0.05) is 0 Å². The first-order valence-corrected chi connectivity index (χ1v) is 6.23. The van der Waals surface area contributed by atoms with Crippen molar-refractivity contribution in [2.24, 2.45) is 5.84 Å². The molecule has 0 unspecified atom stereocenters. The van der Waals surface area contributed by atoms with Crippen LogP contribution in [0.1, 0.15) is 16.8 Å². The summed E-state index contributed by atoms with van der Waals surface area (Å²) < 4.78 is 1.84. The van der Waals surface area contributed by atoms with Crippen molar-refractivity contribution >= 4 is 17.5 Å². The van der Waals surface area contributed by atoms with E-state index in [1.165, 1.54) is 0 Å².